The number of halogens is 2. The second-order valence-corrected chi connectivity index (χ2v) is 3.94. The number of hydrogen-bond acceptors (Lipinski definition) is 2. The van der Waals surface area contributed by atoms with Gasteiger partial charge in [0, 0.05) is 31.2 Å². The van der Waals surface area contributed by atoms with Gasteiger partial charge >= 0.3 is 0 Å². The van der Waals surface area contributed by atoms with E-state index in [1.165, 1.54) is 6.07 Å². The fourth-order valence-electron chi connectivity index (χ4n) is 1.36. The predicted octanol–water partition coefficient (Wildman–Crippen LogP) is 2.11. The van der Waals surface area contributed by atoms with E-state index in [0.29, 0.717) is 5.92 Å². The lowest BCUT2D eigenvalue weighted by Crippen LogP contribution is -2.45. The molecule has 1 aliphatic rings. The molecule has 2 nitrogen and oxygen atoms in total. The summed E-state index contributed by atoms with van der Waals surface area (Å²) in [4.78, 5) is 0. The van der Waals surface area contributed by atoms with E-state index in [1.807, 2.05) is 0 Å². The third-order valence-electron chi connectivity index (χ3n) is 2.38. The highest BCUT2D eigenvalue weighted by Crippen LogP contribution is 2.19. The van der Waals surface area contributed by atoms with Crippen LogP contribution >= 0.6 is 11.6 Å². The van der Waals surface area contributed by atoms with E-state index in [0.717, 1.165) is 25.3 Å². The molecular formula is C10H12ClFN2. The summed E-state index contributed by atoms with van der Waals surface area (Å²) in [6, 6.07) is 4.69. The monoisotopic (exact) mass is 214 g/mol. The van der Waals surface area contributed by atoms with Gasteiger partial charge in [0.2, 0.25) is 0 Å². The van der Waals surface area contributed by atoms with Crippen molar-refractivity contribution in [3.05, 3.63) is 29.0 Å². The van der Waals surface area contributed by atoms with Crippen LogP contribution in [-0.2, 0) is 0 Å². The van der Waals surface area contributed by atoms with Gasteiger partial charge in [-0.1, -0.05) is 11.6 Å². The summed E-state index contributed by atoms with van der Waals surface area (Å²) >= 11 is 5.65. The van der Waals surface area contributed by atoms with E-state index in [2.05, 4.69) is 10.6 Å². The van der Waals surface area contributed by atoms with Gasteiger partial charge in [-0.05, 0) is 18.2 Å². The predicted molar refractivity (Wildman–Crippen MR) is 56.3 cm³/mol. The minimum Gasteiger partial charge on any atom is -0.385 e. The van der Waals surface area contributed by atoms with Gasteiger partial charge in [0.15, 0.2) is 0 Å². The first-order chi connectivity index (χ1) is 6.75. The lowest BCUT2D eigenvalue weighted by atomic mass is 10.0. The molecule has 1 fully saturated rings. The minimum atomic E-state index is -0.373. The van der Waals surface area contributed by atoms with Crippen LogP contribution in [0.5, 0.6) is 0 Å². The van der Waals surface area contributed by atoms with Crippen molar-refractivity contribution in [1.29, 1.82) is 0 Å². The number of hydrogen-bond donors (Lipinski definition) is 2. The molecule has 4 heteroatoms. The van der Waals surface area contributed by atoms with Crippen LogP contribution in [-0.4, -0.2) is 19.6 Å². The summed E-state index contributed by atoms with van der Waals surface area (Å²) < 4.78 is 12.8. The standard InChI is InChI=1S/C10H12ClFN2/c11-9-3-8(1-2-10(9)12)14-6-7-4-13-5-7/h1-3,7,13-14H,4-6H2. The summed E-state index contributed by atoms with van der Waals surface area (Å²) in [5.74, 6) is 0.307. The van der Waals surface area contributed by atoms with Gasteiger partial charge in [-0.15, -0.1) is 0 Å². The zero-order valence-electron chi connectivity index (χ0n) is 7.69. The maximum absolute atomic E-state index is 12.8. The number of nitrogens with one attached hydrogen (secondary N) is 2. The van der Waals surface area contributed by atoms with Crippen LogP contribution in [0.4, 0.5) is 10.1 Å². The highest BCUT2D eigenvalue weighted by molar-refractivity contribution is 6.31. The van der Waals surface area contributed by atoms with Crippen LogP contribution in [0.15, 0.2) is 18.2 Å². The Kier molecular flexibility index (Phi) is 2.89. The molecule has 1 aromatic rings. The van der Waals surface area contributed by atoms with E-state index in [-0.39, 0.29) is 10.8 Å². The number of benzene rings is 1. The Morgan fingerprint density at radius 1 is 1.50 bits per heavy atom. The Labute approximate surface area is 87.5 Å². The van der Waals surface area contributed by atoms with Gasteiger partial charge in [0.25, 0.3) is 0 Å². The fraction of sp³-hybridized carbons (Fsp3) is 0.400. The molecular weight excluding hydrogens is 203 g/mol. The summed E-state index contributed by atoms with van der Waals surface area (Å²) in [7, 11) is 0. The Hall–Kier alpha value is -0.800. The van der Waals surface area contributed by atoms with Crippen LogP contribution in [0.25, 0.3) is 0 Å². The van der Waals surface area contributed by atoms with Crippen LogP contribution in [0.1, 0.15) is 0 Å². The zero-order valence-corrected chi connectivity index (χ0v) is 8.44. The molecule has 1 heterocycles. The Bertz CT molecular complexity index is 326. The smallest absolute Gasteiger partial charge is 0.141 e. The summed E-state index contributed by atoms with van der Waals surface area (Å²) in [6.07, 6.45) is 0. The van der Waals surface area contributed by atoms with Crippen molar-refractivity contribution in [3.63, 3.8) is 0 Å². The average Bonchev–Trinajstić information content (AvgIpc) is 2.08. The Morgan fingerprint density at radius 3 is 2.86 bits per heavy atom. The normalized spacial score (nSPS) is 16.4. The Morgan fingerprint density at radius 2 is 2.29 bits per heavy atom. The van der Waals surface area contributed by atoms with E-state index in [1.54, 1.807) is 12.1 Å². The highest BCUT2D eigenvalue weighted by Gasteiger charge is 2.15. The van der Waals surface area contributed by atoms with E-state index < -0.39 is 0 Å². The van der Waals surface area contributed by atoms with Crippen molar-refractivity contribution in [2.45, 2.75) is 0 Å². The van der Waals surface area contributed by atoms with Crippen molar-refractivity contribution in [2.75, 3.05) is 25.0 Å². The molecule has 1 aromatic carbocycles. The molecule has 76 valence electrons. The van der Waals surface area contributed by atoms with E-state index in [4.69, 9.17) is 11.6 Å². The molecule has 2 rings (SSSR count). The van der Waals surface area contributed by atoms with Gasteiger partial charge in [-0.2, -0.15) is 0 Å². The molecule has 0 aliphatic carbocycles. The Balaban J connectivity index is 1.91. The van der Waals surface area contributed by atoms with Crippen LogP contribution < -0.4 is 10.6 Å². The minimum absolute atomic E-state index is 0.168. The zero-order chi connectivity index (χ0) is 9.97. The molecule has 0 aromatic heterocycles. The van der Waals surface area contributed by atoms with Crippen molar-refractivity contribution in [3.8, 4) is 0 Å². The molecule has 2 N–H and O–H groups in total. The largest absolute Gasteiger partial charge is 0.385 e. The molecule has 1 saturated heterocycles. The summed E-state index contributed by atoms with van der Waals surface area (Å²) in [6.45, 7) is 3.03. The molecule has 14 heavy (non-hydrogen) atoms. The molecule has 0 spiro atoms. The molecule has 0 saturated carbocycles. The lowest BCUT2D eigenvalue weighted by Gasteiger charge is -2.27. The molecule has 0 radical (unpaired) electrons. The summed E-state index contributed by atoms with van der Waals surface area (Å²) in [5.41, 5.74) is 0.878. The van der Waals surface area contributed by atoms with E-state index in [9.17, 15) is 4.39 Å². The van der Waals surface area contributed by atoms with Crippen molar-refractivity contribution in [1.82, 2.24) is 5.32 Å². The SMILES string of the molecule is Fc1ccc(NCC2CNC2)cc1Cl. The van der Waals surface area contributed by atoms with Crippen LogP contribution in [0.2, 0.25) is 5.02 Å². The van der Waals surface area contributed by atoms with Gasteiger partial charge in [-0.3, -0.25) is 0 Å². The van der Waals surface area contributed by atoms with Gasteiger partial charge in [0.05, 0.1) is 5.02 Å². The third kappa shape index (κ3) is 2.16. The fourth-order valence-corrected chi connectivity index (χ4v) is 1.54. The second kappa shape index (κ2) is 4.15. The first-order valence-corrected chi connectivity index (χ1v) is 5.03. The van der Waals surface area contributed by atoms with Crippen LogP contribution in [0.3, 0.4) is 0 Å². The average molecular weight is 215 g/mol. The van der Waals surface area contributed by atoms with Gasteiger partial charge < -0.3 is 10.6 Å². The van der Waals surface area contributed by atoms with Crippen molar-refractivity contribution < 1.29 is 4.39 Å². The van der Waals surface area contributed by atoms with Crippen molar-refractivity contribution >= 4 is 17.3 Å². The van der Waals surface area contributed by atoms with Gasteiger partial charge in [0.1, 0.15) is 5.82 Å². The molecule has 0 amide bonds. The maximum Gasteiger partial charge on any atom is 0.141 e. The quantitative estimate of drug-likeness (QED) is 0.806. The molecule has 0 bridgehead atoms. The van der Waals surface area contributed by atoms with Crippen molar-refractivity contribution in [2.24, 2.45) is 5.92 Å². The van der Waals surface area contributed by atoms with Crippen LogP contribution in [0, 0.1) is 11.7 Å². The van der Waals surface area contributed by atoms with Gasteiger partial charge in [-0.25, -0.2) is 4.39 Å². The molecule has 1 aliphatic heterocycles. The first-order valence-electron chi connectivity index (χ1n) is 4.65. The third-order valence-corrected chi connectivity index (χ3v) is 2.67. The first kappa shape index (κ1) is 9.74. The topological polar surface area (TPSA) is 24.1 Å². The van der Waals surface area contributed by atoms with E-state index >= 15 is 0 Å². The number of anilines is 1. The highest BCUT2D eigenvalue weighted by atomic mass is 35.5. The maximum atomic E-state index is 12.8. The lowest BCUT2D eigenvalue weighted by molar-refractivity contribution is 0.365. The second-order valence-electron chi connectivity index (χ2n) is 3.53. The molecule has 0 atom stereocenters. The molecule has 0 unspecified atom stereocenters. The number of rotatable bonds is 3. The summed E-state index contributed by atoms with van der Waals surface area (Å²) in [5, 5.41) is 6.58.